The zero-order valence-electron chi connectivity index (χ0n) is 14.2. The van der Waals surface area contributed by atoms with E-state index in [0.717, 1.165) is 0 Å². The number of β-lactam (4-membered cyclic amide) rings is 1. The Morgan fingerprint density at radius 1 is 1.38 bits per heavy atom. The van der Waals surface area contributed by atoms with E-state index < -0.39 is 17.9 Å². The smallest absolute Gasteiger partial charge is 0.333 e. The number of carboxylic acid groups (broad SMARTS) is 1. The van der Waals surface area contributed by atoms with Gasteiger partial charge in [-0.15, -0.1) is 11.8 Å². The van der Waals surface area contributed by atoms with Gasteiger partial charge in [-0.25, -0.2) is 4.79 Å². The van der Waals surface area contributed by atoms with E-state index in [1.165, 1.54) is 30.0 Å². The predicted molar refractivity (Wildman–Crippen MR) is 94.2 cm³/mol. The van der Waals surface area contributed by atoms with Crippen molar-refractivity contribution in [2.24, 2.45) is 0 Å². The summed E-state index contributed by atoms with van der Waals surface area (Å²) in [5.41, 5.74) is 0.518. The number of aliphatic carboxylic acids is 1. The topological polar surface area (TPSA) is 105 Å². The van der Waals surface area contributed by atoms with Crippen LogP contribution in [-0.4, -0.2) is 58.7 Å². The minimum Gasteiger partial charge on any atom is -0.493 e. The summed E-state index contributed by atoms with van der Waals surface area (Å²) < 4.78 is 10.6. The lowest BCUT2D eigenvalue weighted by molar-refractivity contribution is -0.141. The Kier molecular flexibility index (Phi) is 5.08. The molecule has 9 heteroatoms. The van der Waals surface area contributed by atoms with Gasteiger partial charge in [-0.05, 0) is 25.1 Å². The predicted octanol–water partition coefficient (Wildman–Crippen LogP) is 1.08. The molecular weight excluding hydrogens is 360 g/mol. The first-order chi connectivity index (χ1) is 12.5. The third-order valence-corrected chi connectivity index (χ3v) is 5.39. The summed E-state index contributed by atoms with van der Waals surface area (Å²) in [6, 6.07) is 4.10. The van der Waals surface area contributed by atoms with Crippen molar-refractivity contribution in [3.05, 3.63) is 35.5 Å². The Bertz CT molecular complexity index is 793. The normalized spacial score (nSPS) is 21.2. The number of carbonyl (C=O) groups excluding carboxylic acids is 2. The third-order valence-electron chi connectivity index (χ3n) is 4.07. The van der Waals surface area contributed by atoms with Crippen molar-refractivity contribution in [1.29, 1.82) is 0 Å². The number of methoxy groups -OCH3 is 1. The summed E-state index contributed by atoms with van der Waals surface area (Å²) in [4.78, 5) is 37.1. The van der Waals surface area contributed by atoms with Crippen LogP contribution in [-0.2, 0) is 9.59 Å². The molecule has 1 aromatic carbocycles. The number of thioether (sulfide) groups is 1. The lowest BCUT2D eigenvalue weighted by Crippen LogP contribution is -2.68. The molecule has 2 aliphatic rings. The van der Waals surface area contributed by atoms with Crippen LogP contribution >= 0.6 is 11.8 Å². The number of carboxylic acids is 1. The fourth-order valence-electron chi connectivity index (χ4n) is 2.74. The number of hydrogen-bond acceptors (Lipinski definition) is 6. The van der Waals surface area contributed by atoms with E-state index in [1.807, 2.05) is 6.92 Å². The van der Waals surface area contributed by atoms with Gasteiger partial charge < -0.3 is 24.8 Å². The minimum atomic E-state index is -1.04. The van der Waals surface area contributed by atoms with Crippen molar-refractivity contribution in [2.45, 2.75) is 18.3 Å². The van der Waals surface area contributed by atoms with Gasteiger partial charge in [0.25, 0.3) is 11.8 Å². The zero-order valence-corrected chi connectivity index (χ0v) is 15.0. The van der Waals surface area contributed by atoms with Gasteiger partial charge in [-0.1, -0.05) is 0 Å². The summed E-state index contributed by atoms with van der Waals surface area (Å²) in [6.45, 7) is 2.25. The molecule has 2 aliphatic heterocycles. The van der Waals surface area contributed by atoms with E-state index >= 15 is 0 Å². The molecule has 1 fully saturated rings. The molecule has 2 N–H and O–H groups in total. The Morgan fingerprint density at radius 2 is 2.15 bits per heavy atom. The molecule has 3 rings (SSSR count). The van der Waals surface area contributed by atoms with Gasteiger partial charge in [-0.2, -0.15) is 0 Å². The van der Waals surface area contributed by atoms with Gasteiger partial charge in [0.2, 0.25) is 0 Å². The van der Waals surface area contributed by atoms with E-state index in [9.17, 15) is 14.4 Å². The van der Waals surface area contributed by atoms with Crippen LogP contribution in [0.4, 0.5) is 0 Å². The van der Waals surface area contributed by atoms with E-state index in [2.05, 4.69) is 5.32 Å². The fourth-order valence-corrected chi connectivity index (χ4v) is 3.99. The third kappa shape index (κ3) is 3.22. The molecule has 8 nitrogen and oxygen atoms in total. The van der Waals surface area contributed by atoms with Gasteiger partial charge in [0.05, 0.1) is 19.3 Å². The van der Waals surface area contributed by atoms with Crippen LogP contribution in [0.5, 0.6) is 11.5 Å². The molecule has 1 unspecified atom stereocenters. The zero-order chi connectivity index (χ0) is 18.8. The minimum absolute atomic E-state index is 0.167. The first kappa shape index (κ1) is 18.1. The maximum absolute atomic E-state index is 12.5. The monoisotopic (exact) mass is 378 g/mol. The van der Waals surface area contributed by atoms with E-state index in [1.54, 1.807) is 18.2 Å². The second-order valence-electron chi connectivity index (χ2n) is 5.66. The summed E-state index contributed by atoms with van der Waals surface area (Å²) in [7, 11) is 1.51. The summed E-state index contributed by atoms with van der Waals surface area (Å²) in [5, 5.41) is 11.4. The number of carbonyl (C=O) groups is 3. The van der Waals surface area contributed by atoms with Crippen LogP contribution in [0.1, 0.15) is 17.3 Å². The Balaban J connectivity index is 1.71. The molecule has 2 heterocycles. The van der Waals surface area contributed by atoms with Crippen molar-refractivity contribution in [3.8, 4) is 11.5 Å². The van der Waals surface area contributed by atoms with Crippen LogP contribution in [0.2, 0.25) is 0 Å². The average Bonchev–Trinajstić information content (AvgIpc) is 2.65. The highest BCUT2D eigenvalue weighted by atomic mass is 32.2. The molecule has 0 aromatic heterocycles. The van der Waals surface area contributed by atoms with Crippen molar-refractivity contribution < 1.29 is 29.0 Å². The van der Waals surface area contributed by atoms with Crippen molar-refractivity contribution >= 4 is 29.5 Å². The summed E-state index contributed by atoms with van der Waals surface area (Å²) in [5.74, 6) is -0.521. The van der Waals surface area contributed by atoms with Gasteiger partial charge in [0.1, 0.15) is 11.4 Å². The van der Waals surface area contributed by atoms with Crippen molar-refractivity contribution in [1.82, 2.24) is 10.2 Å². The number of fused-ring (bicyclic) bond motifs is 1. The summed E-state index contributed by atoms with van der Waals surface area (Å²) in [6.07, 6.45) is 1.34. The number of rotatable bonds is 6. The Hall–Kier alpha value is -2.68. The molecule has 0 bridgehead atoms. The van der Waals surface area contributed by atoms with Gasteiger partial charge in [0.15, 0.2) is 11.5 Å². The molecule has 2 amide bonds. The first-order valence-corrected chi connectivity index (χ1v) is 9.00. The average molecular weight is 378 g/mol. The largest absolute Gasteiger partial charge is 0.493 e. The second kappa shape index (κ2) is 7.28. The standard InChI is InChI=1S/C17H18N2O6S/c1-3-25-12-6-9(4-5-11(12)24-2)14(20)18-13-15(21)19-7-10(17(22)23)8-26-16(13)19/h4-7,13,16H,3,8H2,1-2H3,(H,18,20)(H,22,23)/t13?,16-/m1/s1. The number of hydrogen-bond donors (Lipinski definition) is 2. The van der Waals surface area contributed by atoms with Gasteiger partial charge in [0, 0.05) is 17.5 Å². The molecule has 0 spiro atoms. The highest BCUT2D eigenvalue weighted by Crippen LogP contribution is 2.36. The molecular formula is C17H18N2O6S. The maximum Gasteiger partial charge on any atom is 0.333 e. The highest BCUT2D eigenvalue weighted by Gasteiger charge is 2.50. The van der Waals surface area contributed by atoms with Gasteiger partial charge in [-0.3, -0.25) is 9.59 Å². The molecule has 0 aliphatic carbocycles. The lowest BCUT2D eigenvalue weighted by Gasteiger charge is -2.47. The van der Waals surface area contributed by atoms with Crippen LogP contribution in [0.25, 0.3) is 0 Å². The fraction of sp³-hybridized carbons (Fsp3) is 0.353. The molecule has 26 heavy (non-hydrogen) atoms. The first-order valence-electron chi connectivity index (χ1n) is 7.95. The molecule has 138 valence electrons. The highest BCUT2D eigenvalue weighted by molar-refractivity contribution is 8.00. The second-order valence-corrected chi connectivity index (χ2v) is 6.76. The number of amides is 2. The molecule has 1 saturated heterocycles. The Morgan fingerprint density at radius 3 is 2.81 bits per heavy atom. The maximum atomic E-state index is 12.5. The van der Waals surface area contributed by atoms with Crippen LogP contribution in [0, 0.1) is 0 Å². The number of ether oxygens (including phenoxy) is 2. The van der Waals surface area contributed by atoms with E-state index in [4.69, 9.17) is 14.6 Å². The van der Waals surface area contributed by atoms with Gasteiger partial charge >= 0.3 is 5.97 Å². The molecule has 2 atom stereocenters. The molecule has 0 radical (unpaired) electrons. The van der Waals surface area contributed by atoms with Crippen LogP contribution < -0.4 is 14.8 Å². The van der Waals surface area contributed by atoms with Crippen molar-refractivity contribution in [3.63, 3.8) is 0 Å². The van der Waals surface area contributed by atoms with Crippen molar-refractivity contribution in [2.75, 3.05) is 19.5 Å². The van der Waals surface area contributed by atoms with Crippen LogP contribution in [0.3, 0.4) is 0 Å². The number of nitrogens with zero attached hydrogens (tertiary/aromatic N) is 1. The van der Waals surface area contributed by atoms with E-state index in [0.29, 0.717) is 23.7 Å². The van der Waals surface area contributed by atoms with Crippen LogP contribution in [0.15, 0.2) is 30.0 Å². The SMILES string of the molecule is CCOc1cc(C(=O)NC2C(=O)N3C=C(C(=O)O)CS[C@H]23)ccc1OC. The van der Waals surface area contributed by atoms with E-state index in [-0.39, 0.29) is 22.6 Å². The molecule has 0 saturated carbocycles. The summed E-state index contributed by atoms with van der Waals surface area (Å²) >= 11 is 1.31. The lowest BCUT2D eigenvalue weighted by atomic mass is 10.1. The number of benzene rings is 1. The molecule has 1 aromatic rings. The Labute approximate surface area is 154 Å². The number of nitrogens with one attached hydrogen (secondary N) is 1. The quantitative estimate of drug-likeness (QED) is 0.714.